The molecule has 0 unspecified atom stereocenters. The van der Waals surface area contributed by atoms with Crippen LogP contribution in [0.3, 0.4) is 0 Å². The van der Waals surface area contributed by atoms with E-state index in [9.17, 15) is 9.18 Å². The molecule has 0 aliphatic heterocycles. The first-order chi connectivity index (χ1) is 10.6. The summed E-state index contributed by atoms with van der Waals surface area (Å²) in [6.45, 7) is 0.500. The highest BCUT2D eigenvalue weighted by molar-refractivity contribution is 7.99. The summed E-state index contributed by atoms with van der Waals surface area (Å²) in [6, 6.07) is 12.9. The van der Waals surface area contributed by atoms with Gasteiger partial charge in [-0.05, 0) is 42.5 Å². The van der Waals surface area contributed by atoms with Gasteiger partial charge in [-0.15, -0.1) is 11.8 Å². The third-order valence-corrected chi connectivity index (χ3v) is 3.83. The first-order valence-electron chi connectivity index (χ1n) is 6.65. The summed E-state index contributed by atoms with van der Waals surface area (Å²) in [6.07, 6.45) is 0. The molecule has 2 rings (SSSR count). The van der Waals surface area contributed by atoms with Crippen LogP contribution in [0.15, 0.2) is 48.5 Å². The number of carbonyl (C=O) groups is 1. The molecule has 0 aromatic heterocycles. The third kappa shape index (κ3) is 5.95. The van der Waals surface area contributed by atoms with Gasteiger partial charge in [0.05, 0.1) is 12.4 Å². The van der Waals surface area contributed by atoms with Gasteiger partial charge in [-0.2, -0.15) is 0 Å². The third-order valence-electron chi connectivity index (χ3n) is 2.65. The summed E-state index contributed by atoms with van der Waals surface area (Å²) in [5.41, 5.74) is 0.461. The minimum Gasteiger partial charge on any atom is -0.493 e. The zero-order valence-electron chi connectivity index (χ0n) is 11.7. The number of rotatable bonds is 7. The second kappa shape index (κ2) is 8.66. The SMILES string of the molecule is O=C(CSCCOc1ccc(Cl)cc1)Nc1cccc(F)c1. The highest BCUT2D eigenvalue weighted by Crippen LogP contribution is 2.16. The maximum atomic E-state index is 13.0. The number of hydrogen-bond donors (Lipinski definition) is 1. The first kappa shape index (κ1) is 16.6. The molecule has 1 N–H and O–H groups in total. The van der Waals surface area contributed by atoms with E-state index in [0.29, 0.717) is 28.8 Å². The Morgan fingerprint density at radius 2 is 2.00 bits per heavy atom. The molecular weight excluding hydrogens is 325 g/mol. The van der Waals surface area contributed by atoms with Crippen LogP contribution in [0.2, 0.25) is 5.02 Å². The van der Waals surface area contributed by atoms with Crippen LogP contribution in [0, 0.1) is 5.82 Å². The monoisotopic (exact) mass is 339 g/mol. The highest BCUT2D eigenvalue weighted by Gasteiger charge is 2.03. The van der Waals surface area contributed by atoms with Crippen LogP contribution < -0.4 is 10.1 Å². The van der Waals surface area contributed by atoms with Crippen LogP contribution in [0.1, 0.15) is 0 Å². The molecule has 2 aromatic rings. The molecule has 22 heavy (non-hydrogen) atoms. The minimum absolute atomic E-state index is 0.165. The Hall–Kier alpha value is -1.72. The number of anilines is 1. The van der Waals surface area contributed by atoms with Crippen LogP contribution >= 0.6 is 23.4 Å². The van der Waals surface area contributed by atoms with Crippen molar-refractivity contribution in [2.75, 3.05) is 23.4 Å². The quantitative estimate of drug-likeness (QED) is 0.767. The van der Waals surface area contributed by atoms with Gasteiger partial charge in [0.25, 0.3) is 0 Å². The minimum atomic E-state index is -0.373. The van der Waals surface area contributed by atoms with Crippen LogP contribution in [0.4, 0.5) is 10.1 Å². The van der Waals surface area contributed by atoms with E-state index in [2.05, 4.69) is 5.32 Å². The number of thioether (sulfide) groups is 1. The van der Waals surface area contributed by atoms with Crippen molar-refractivity contribution in [3.05, 3.63) is 59.4 Å². The van der Waals surface area contributed by atoms with E-state index in [1.165, 1.54) is 23.9 Å². The van der Waals surface area contributed by atoms with Crippen LogP contribution in [-0.4, -0.2) is 24.0 Å². The lowest BCUT2D eigenvalue weighted by atomic mass is 10.3. The molecule has 0 bridgehead atoms. The highest BCUT2D eigenvalue weighted by atomic mass is 35.5. The fourth-order valence-electron chi connectivity index (χ4n) is 1.68. The molecule has 0 heterocycles. The number of benzene rings is 2. The molecule has 1 amide bonds. The largest absolute Gasteiger partial charge is 0.493 e. The molecule has 3 nitrogen and oxygen atoms in total. The van der Waals surface area contributed by atoms with E-state index >= 15 is 0 Å². The van der Waals surface area contributed by atoms with Crippen molar-refractivity contribution >= 4 is 35.0 Å². The van der Waals surface area contributed by atoms with Crippen molar-refractivity contribution in [1.29, 1.82) is 0 Å². The Morgan fingerprint density at radius 3 is 2.73 bits per heavy atom. The van der Waals surface area contributed by atoms with Crippen molar-refractivity contribution in [3.8, 4) is 5.75 Å². The lowest BCUT2D eigenvalue weighted by Gasteiger charge is -2.07. The predicted molar refractivity (Wildman–Crippen MR) is 89.3 cm³/mol. The summed E-state index contributed by atoms with van der Waals surface area (Å²) in [7, 11) is 0. The smallest absolute Gasteiger partial charge is 0.234 e. The van der Waals surface area contributed by atoms with E-state index in [1.807, 2.05) is 0 Å². The van der Waals surface area contributed by atoms with Gasteiger partial charge in [0.2, 0.25) is 5.91 Å². The Bertz CT molecular complexity index is 622. The van der Waals surface area contributed by atoms with Gasteiger partial charge in [0.15, 0.2) is 0 Å². The Labute approximate surface area is 137 Å². The van der Waals surface area contributed by atoms with Gasteiger partial charge in [-0.25, -0.2) is 4.39 Å². The molecule has 0 aliphatic rings. The van der Waals surface area contributed by atoms with E-state index in [-0.39, 0.29) is 11.7 Å². The Morgan fingerprint density at radius 1 is 1.23 bits per heavy atom. The number of amides is 1. The zero-order chi connectivity index (χ0) is 15.8. The van der Waals surface area contributed by atoms with E-state index in [0.717, 1.165) is 5.75 Å². The normalized spacial score (nSPS) is 10.3. The fourth-order valence-corrected chi connectivity index (χ4v) is 2.41. The molecule has 0 atom stereocenters. The topological polar surface area (TPSA) is 38.3 Å². The average molecular weight is 340 g/mol. The number of nitrogens with one attached hydrogen (secondary N) is 1. The maximum Gasteiger partial charge on any atom is 0.234 e. The van der Waals surface area contributed by atoms with Crippen LogP contribution in [0.25, 0.3) is 0 Å². The first-order valence-corrected chi connectivity index (χ1v) is 8.18. The number of ether oxygens (including phenoxy) is 1. The van der Waals surface area contributed by atoms with Gasteiger partial charge in [-0.3, -0.25) is 4.79 Å². The summed E-state index contributed by atoms with van der Waals surface area (Å²) >= 11 is 7.23. The molecule has 0 fully saturated rings. The molecular formula is C16H15ClFNO2S. The van der Waals surface area contributed by atoms with Gasteiger partial charge in [0, 0.05) is 16.5 Å². The van der Waals surface area contributed by atoms with Crippen molar-refractivity contribution in [2.24, 2.45) is 0 Å². The second-order valence-electron chi connectivity index (χ2n) is 4.41. The average Bonchev–Trinajstić information content (AvgIpc) is 2.49. The van der Waals surface area contributed by atoms with Gasteiger partial charge >= 0.3 is 0 Å². The maximum absolute atomic E-state index is 13.0. The summed E-state index contributed by atoms with van der Waals surface area (Å²) < 4.78 is 18.5. The number of carbonyl (C=O) groups excluding carboxylic acids is 1. The molecule has 6 heteroatoms. The Kier molecular flexibility index (Phi) is 6.55. The lowest BCUT2D eigenvalue weighted by Crippen LogP contribution is -2.15. The molecule has 0 spiro atoms. The van der Waals surface area contributed by atoms with Crippen molar-refractivity contribution in [3.63, 3.8) is 0 Å². The summed E-state index contributed by atoms with van der Waals surface area (Å²) in [5, 5.41) is 3.31. The molecule has 0 aliphatic carbocycles. The summed E-state index contributed by atoms with van der Waals surface area (Å²) in [4.78, 5) is 11.7. The van der Waals surface area contributed by atoms with Gasteiger partial charge in [-0.1, -0.05) is 17.7 Å². The number of hydrogen-bond acceptors (Lipinski definition) is 3. The van der Waals surface area contributed by atoms with Crippen molar-refractivity contribution in [1.82, 2.24) is 0 Å². The van der Waals surface area contributed by atoms with E-state index in [4.69, 9.17) is 16.3 Å². The molecule has 116 valence electrons. The number of halogens is 2. The molecule has 2 aromatic carbocycles. The standard InChI is InChI=1S/C16H15ClFNO2S/c17-12-4-6-15(7-5-12)21-8-9-22-11-16(20)19-14-3-1-2-13(18)10-14/h1-7,10H,8-9,11H2,(H,19,20). The molecule has 0 saturated carbocycles. The zero-order valence-corrected chi connectivity index (χ0v) is 13.3. The van der Waals surface area contributed by atoms with Crippen molar-refractivity contribution < 1.29 is 13.9 Å². The van der Waals surface area contributed by atoms with Crippen molar-refractivity contribution in [2.45, 2.75) is 0 Å². The van der Waals surface area contributed by atoms with Crippen LogP contribution in [-0.2, 0) is 4.79 Å². The fraction of sp³-hybridized carbons (Fsp3) is 0.188. The lowest BCUT2D eigenvalue weighted by molar-refractivity contribution is -0.113. The van der Waals surface area contributed by atoms with Crippen LogP contribution in [0.5, 0.6) is 5.75 Å². The van der Waals surface area contributed by atoms with Gasteiger partial charge < -0.3 is 10.1 Å². The van der Waals surface area contributed by atoms with Gasteiger partial charge in [0.1, 0.15) is 11.6 Å². The van der Waals surface area contributed by atoms with E-state index < -0.39 is 0 Å². The second-order valence-corrected chi connectivity index (χ2v) is 5.96. The predicted octanol–water partition coefficient (Wildman–Crippen LogP) is 4.23. The Balaban J connectivity index is 1.62. The molecule has 0 saturated heterocycles. The van der Waals surface area contributed by atoms with E-state index in [1.54, 1.807) is 36.4 Å². The summed E-state index contributed by atoms with van der Waals surface area (Å²) in [5.74, 6) is 1.18. The molecule has 0 radical (unpaired) electrons.